The van der Waals surface area contributed by atoms with Crippen molar-refractivity contribution in [3.8, 4) is 0 Å². The van der Waals surface area contributed by atoms with Crippen LogP contribution in [-0.4, -0.2) is 37.2 Å². The zero-order valence-corrected chi connectivity index (χ0v) is 51.9. The Balaban J connectivity index is 4.32. The van der Waals surface area contributed by atoms with Crippen molar-refractivity contribution in [1.29, 1.82) is 0 Å². The molecular weight excluding hydrogens is 973 g/mol. The van der Waals surface area contributed by atoms with Crippen molar-refractivity contribution in [2.24, 2.45) is 0 Å². The normalized spacial score (nSPS) is 12.8. The molecule has 0 aliphatic heterocycles. The van der Waals surface area contributed by atoms with Gasteiger partial charge in [-0.05, 0) is 122 Å². The zero-order chi connectivity index (χ0) is 57.1. The smallest absolute Gasteiger partial charge is 0.306 e. The van der Waals surface area contributed by atoms with Gasteiger partial charge in [-0.15, -0.1) is 0 Å². The van der Waals surface area contributed by atoms with Crippen LogP contribution in [-0.2, 0) is 28.6 Å². The summed E-state index contributed by atoms with van der Waals surface area (Å²) in [6.07, 6.45) is 91.1. The predicted molar refractivity (Wildman–Crippen MR) is 343 cm³/mol. The van der Waals surface area contributed by atoms with Crippen LogP contribution in [0.5, 0.6) is 0 Å². The molecule has 1 unspecified atom stereocenters. The molecule has 0 N–H and O–H groups in total. The van der Waals surface area contributed by atoms with Gasteiger partial charge in [-0.2, -0.15) is 0 Å². The Bertz CT molecular complexity index is 1590. The fraction of sp³-hybridized carbons (Fsp3) is 0.712. The summed E-state index contributed by atoms with van der Waals surface area (Å²) in [7, 11) is 0. The standard InChI is InChI=1S/C73H124O6/c1-4-7-10-13-16-19-22-25-27-29-31-33-35-36-38-39-41-43-45-48-51-54-57-60-63-66-72(75)78-69-70(68-77-71(74)65-62-59-56-53-50-47-24-21-18-15-12-9-6-3)79-73(76)67-64-61-58-55-52-49-46-44-42-40-37-34-32-30-28-26-23-20-17-14-11-8-5-2/h7,9-10,12,16,18-19,21,23,25-27,30-33,47,50,70H,4-6,8,11,13-15,17,20,22,24,28-29,34-46,48-49,51-69H2,1-3H3/b10-7-,12-9-,19-16-,21-18-,26-23-,27-25-,32-30-,33-31-,50-47-. The summed E-state index contributed by atoms with van der Waals surface area (Å²) < 4.78 is 16.9. The molecule has 0 aromatic rings. The molecule has 0 rings (SSSR count). The lowest BCUT2D eigenvalue weighted by molar-refractivity contribution is -0.167. The molecule has 0 heterocycles. The number of hydrogen-bond acceptors (Lipinski definition) is 6. The van der Waals surface area contributed by atoms with Crippen LogP contribution in [0.4, 0.5) is 0 Å². The van der Waals surface area contributed by atoms with Crippen LogP contribution < -0.4 is 0 Å². The van der Waals surface area contributed by atoms with E-state index in [1.807, 2.05) is 0 Å². The SMILES string of the molecule is CC/C=C\C/C=C\C/C=C\C/C=C\CCCCCCCCCCCCCCC(=O)OCC(COC(=O)CCCCC/C=C\C/C=C\C/C=C\CC)OC(=O)CCCCCCCCCCCCC/C=C\C/C=C\CCCCCCC. The number of hydrogen-bond donors (Lipinski definition) is 0. The van der Waals surface area contributed by atoms with Gasteiger partial charge in [0.05, 0.1) is 0 Å². The highest BCUT2D eigenvalue weighted by Gasteiger charge is 2.19. The van der Waals surface area contributed by atoms with Crippen molar-refractivity contribution in [2.45, 2.75) is 322 Å². The van der Waals surface area contributed by atoms with Crippen molar-refractivity contribution in [3.05, 3.63) is 109 Å². The van der Waals surface area contributed by atoms with Crippen LogP contribution >= 0.6 is 0 Å². The van der Waals surface area contributed by atoms with E-state index in [9.17, 15) is 14.4 Å². The summed E-state index contributed by atoms with van der Waals surface area (Å²) >= 11 is 0. The first-order valence-electron chi connectivity index (χ1n) is 33.4. The highest BCUT2D eigenvalue weighted by atomic mass is 16.6. The van der Waals surface area contributed by atoms with E-state index in [1.165, 1.54) is 161 Å². The van der Waals surface area contributed by atoms with Crippen molar-refractivity contribution in [3.63, 3.8) is 0 Å². The first-order chi connectivity index (χ1) is 39.0. The molecule has 452 valence electrons. The maximum Gasteiger partial charge on any atom is 0.306 e. The number of carbonyl (C=O) groups excluding carboxylic acids is 3. The molecule has 0 amide bonds. The number of carbonyl (C=O) groups is 3. The Labute approximate surface area is 489 Å². The van der Waals surface area contributed by atoms with Crippen LogP contribution in [0.15, 0.2) is 109 Å². The minimum Gasteiger partial charge on any atom is -0.462 e. The maximum absolute atomic E-state index is 12.9. The Morgan fingerprint density at radius 2 is 0.494 bits per heavy atom. The molecule has 1 atom stereocenters. The average molecular weight is 1100 g/mol. The number of ether oxygens (including phenoxy) is 3. The van der Waals surface area contributed by atoms with E-state index in [0.29, 0.717) is 19.3 Å². The highest BCUT2D eigenvalue weighted by molar-refractivity contribution is 5.71. The van der Waals surface area contributed by atoms with E-state index in [0.717, 1.165) is 116 Å². The quantitative estimate of drug-likeness (QED) is 0.0261. The molecule has 0 saturated heterocycles. The summed E-state index contributed by atoms with van der Waals surface area (Å²) in [6, 6.07) is 0. The van der Waals surface area contributed by atoms with E-state index < -0.39 is 6.10 Å². The van der Waals surface area contributed by atoms with Crippen molar-refractivity contribution in [2.75, 3.05) is 13.2 Å². The molecule has 0 bridgehead atoms. The molecule has 0 spiro atoms. The lowest BCUT2D eigenvalue weighted by Gasteiger charge is -2.18. The molecule has 0 aliphatic carbocycles. The molecule has 0 radical (unpaired) electrons. The molecule has 0 aliphatic rings. The number of allylic oxidation sites excluding steroid dienone is 18. The van der Waals surface area contributed by atoms with Gasteiger partial charge in [-0.3, -0.25) is 14.4 Å². The van der Waals surface area contributed by atoms with Gasteiger partial charge in [0.1, 0.15) is 13.2 Å². The summed E-state index contributed by atoms with van der Waals surface area (Å²) in [6.45, 7) is 6.40. The van der Waals surface area contributed by atoms with Crippen molar-refractivity contribution < 1.29 is 28.6 Å². The van der Waals surface area contributed by atoms with Gasteiger partial charge >= 0.3 is 17.9 Å². The molecular formula is C73H124O6. The number of esters is 3. The summed E-state index contributed by atoms with van der Waals surface area (Å²) in [5, 5.41) is 0. The van der Waals surface area contributed by atoms with E-state index in [2.05, 4.69) is 130 Å². The van der Waals surface area contributed by atoms with E-state index >= 15 is 0 Å². The minimum absolute atomic E-state index is 0.0889. The topological polar surface area (TPSA) is 78.9 Å². The van der Waals surface area contributed by atoms with Gasteiger partial charge in [0.2, 0.25) is 0 Å². The van der Waals surface area contributed by atoms with E-state index in [1.54, 1.807) is 0 Å². The Morgan fingerprint density at radius 3 is 0.785 bits per heavy atom. The van der Waals surface area contributed by atoms with Gasteiger partial charge in [-0.25, -0.2) is 0 Å². The van der Waals surface area contributed by atoms with Gasteiger partial charge in [0.15, 0.2) is 6.10 Å². The van der Waals surface area contributed by atoms with E-state index in [4.69, 9.17) is 14.2 Å². The summed E-state index contributed by atoms with van der Waals surface area (Å²) in [5.41, 5.74) is 0. The second-order valence-electron chi connectivity index (χ2n) is 22.0. The maximum atomic E-state index is 12.9. The minimum atomic E-state index is -0.795. The van der Waals surface area contributed by atoms with Crippen LogP contribution in [0.25, 0.3) is 0 Å². The Kier molecular flexibility index (Phi) is 63.3. The Hall–Kier alpha value is -3.93. The van der Waals surface area contributed by atoms with Gasteiger partial charge < -0.3 is 14.2 Å². The van der Waals surface area contributed by atoms with Gasteiger partial charge in [0.25, 0.3) is 0 Å². The second kappa shape index (κ2) is 66.6. The van der Waals surface area contributed by atoms with Crippen LogP contribution in [0.2, 0.25) is 0 Å². The largest absolute Gasteiger partial charge is 0.462 e. The number of unbranched alkanes of at least 4 members (excludes halogenated alkanes) is 31. The lowest BCUT2D eigenvalue weighted by Crippen LogP contribution is -2.30. The number of rotatable bonds is 60. The third-order valence-corrected chi connectivity index (χ3v) is 14.2. The van der Waals surface area contributed by atoms with E-state index in [-0.39, 0.29) is 31.1 Å². The fourth-order valence-corrected chi connectivity index (χ4v) is 9.30. The van der Waals surface area contributed by atoms with Crippen LogP contribution in [0.3, 0.4) is 0 Å². The summed E-state index contributed by atoms with van der Waals surface area (Å²) in [5.74, 6) is -0.914. The first kappa shape index (κ1) is 75.1. The second-order valence-corrected chi connectivity index (χ2v) is 22.0. The molecule has 79 heavy (non-hydrogen) atoms. The third kappa shape index (κ3) is 64.8. The molecule has 0 aromatic carbocycles. The van der Waals surface area contributed by atoms with Crippen LogP contribution in [0, 0.1) is 0 Å². The molecule has 0 fully saturated rings. The molecule has 6 heteroatoms. The molecule has 0 saturated carbocycles. The van der Waals surface area contributed by atoms with Crippen molar-refractivity contribution >= 4 is 17.9 Å². The monoisotopic (exact) mass is 1100 g/mol. The third-order valence-electron chi connectivity index (χ3n) is 14.2. The van der Waals surface area contributed by atoms with Gasteiger partial charge in [0, 0.05) is 19.3 Å². The van der Waals surface area contributed by atoms with Crippen LogP contribution in [0.1, 0.15) is 316 Å². The fourth-order valence-electron chi connectivity index (χ4n) is 9.30. The summed E-state index contributed by atoms with van der Waals surface area (Å²) in [4.78, 5) is 38.4. The Morgan fingerprint density at radius 1 is 0.266 bits per heavy atom. The van der Waals surface area contributed by atoms with Gasteiger partial charge in [-0.1, -0.05) is 284 Å². The highest BCUT2D eigenvalue weighted by Crippen LogP contribution is 2.16. The average Bonchev–Trinajstić information content (AvgIpc) is 3.45. The predicted octanol–water partition coefficient (Wildman–Crippen LogP) is 23.0. The first-order valence-corrected chi connectivity index (χ1v) is 33.4. The molecule has 6 nitrogen and oxygen atoms in total. The zero-order valence-electron chi connectivity index (χ0n) is 51.9. The molecule has 0 aromatic heterocycles. The lowest BCUT2D eigenvalue weighted by atomic mass is 10.0. The van der Waals surface area contributed by atoms with Crippen molar-refractivity contribution in [1.82, 2.24) is 0 Å².